The van der Waals surface area contributed by atoms with Crippen LogP contribution in [0.5, 0.6) is 0 Å². The second-order valence-corrected chi connectivity index (χ2v) is 9.02. The van der Waals surface area contributed by atoms with Crippen LogP contribution in [0.2, 0.25) is 5.02 Å². The Kier molecular flexibility index (Phi) is 6.30. The van der Waals surface area contributed by atoms with Crippen molar-refractivity contribution in [2.75, 3.05) is 4.90 Å². The molecule has 0 aliphatic heterocycles. The highest BCUT2D eigenvalue weighted by atomic mass is 79.9. The van der Waals surface area contributed by atoms with Crippen molar-refractivity contribution >= 4 is 44.6 Å². The van der Waals surface area contributed by atoms with Gasteiger partial charge in [-0.25, -0.2) is 0 Å². The molecule has 5 aromatic carbocycles. The molecule has 0 aromatic heterocycles. The molecular weight excluding hydrogens is 490 g/mol. The second-order valence-electron chi connectivity index (χ2n) is 7.73. The van der Waals surface area contributed by atoms with Crippen LogP contribution >= 0.6 is 27.5 Å². The van der Waals surface area contributed by atoms with E-state index >= 15 is 0 Å². The molecule has 5 rings (SSSR count). The second kappa shape index (κ2) is 9.66. The zero-order valence-corrected chi connectivity index (χ0v) is 20.2. The number of para-hydroxylation sites is 1. The first-order valence-electron chi connectivity index (χ1n) is 10.8. The molecule has 0 radical (unpaired) electrons. The van der Waals surface area contributed by atoms with Crippen LogP contribution < -0.4 is 4.90 Å². The van der Waals surface area contributed by atoms with E-state index in [2.05, 4.69) is 124 Å². The van der Waals surface area contributed by atoms with Gasteiger partial charge in [-0.2, -0.15) is 0 Å². The van der Waals surface area contributed by atoms with Gasteiger partial charge in [0.1, 0.15) is 0 Å². The molecule has 0 atom stereocenters. The van der Waals surface area contributed by atoms with E-state index in [1.807, 2.05) is 24.3 Å². The maximum atomic E-state index is 6.28. The van der Waals surface area contributed by atoms with Crippen molar-refractivity contribution in [3.63, 3.8) is 0 Å². The maximum Gasteiger partial charge on any atom is 0.0605 e. The van der Waals surface area contributed by atoms with E-state index in [9.17, 15) is 0 Å². The lowest BCUT2D eigenvalue weighted by molar-refractivity contribution is 1.27. The highest BCUT2D eigenvalue weighted by Crippen LogP contribution is 2.44. The van der Waals surface area contributed by atoms with Gasteiger partial charge < -0.3 is 4.90 Å². The zero-order valence-electron chi connectivity index (χ0n) is 17.8. The van der Waals surface area contributed by atoms with Crippen LogP contribution in [0.1, 0.15) is 0 Å². The SMILES string of the molecule is Clc1ccc(N(c2ccc(-c3ccccc3)cc2)c2ccccc2-c2ccccc2)c(Br)c1. The molecule has 0 N–H and O–H groups in total. The van der Waals surface area contributed by atoms with Crippen molar-refractivity contribution in [1.29, 1.82) is 0 Å². The Morgan fingerprint density at radius 3 is 1.76 bits per heavy atom. The van der Waals surface area contributed by atoms with Crippen LogP contribution in [0.15, 0.2) is 132 Å². The molecule has 0 aliphatic carbocycles. The Morgan fingerprint density at radius 1 is 0.515 bits per heavy atom. The molecule has 0 unspecified atom stereocenters. The van der Waals surface area contributed by atoms with Crippen molar-refractivity contribution in [3.8, 4) is 22.3 Å². The molecule has 33 heavy (non-hydrogen) atoms. The predicted molar refractivity (Wildman–Crippen MR) is 145 cm³/mol. The molecule has 0 saturated heterocycles. The molecule has 3 heteroatoms. The summed E-state index contributed by atoms with van der Waals surface area (Å²) in [5, 5.41) is 0.696. The molecule has 160 valence electrons. The first-order chi connectivity index (χ1) is 16.2. The van der Waals surface area contributed by atoms with Gasteiger partial charge in [0.15, 0.2) is 0 Å². The van der Waals surface area contributed by atoms with Crippen molar-refractivity contribution in [2.45, 2.75) is 0 Å². The van der Waals surface area contributed by atoms with E-state index < -0.39 is 0 Å². The Labute approximate surface area is 208 Å². The number of hydrogen-bond donors (Lipinski definition) is 0. The normalized spacial score (nSPS) is 10.7. The quantitative estimate of drug-likeness (QED) is 0.227. The average Bonchev–Trinajstić information content (AvgIpc) is 2.87. The molecule has 0 bridgehead atoms. The number of benzene rings is 5. The number of halogens is 2. The minimum atomic E-state index is 0.696. The Bertz CT molecular complexity index is 1370. The zero-order chi connectivity index (χ0) is 22.6. The van der Waals surface area contributed by atoms with Crippen LogP contribution in [0.25, 0.3) is 22.3 Å². The van der Waals surface area contributed by atoms with Crippen LogP contribution in [0, 0.1) is 0 Å². The van der Waals surface area contributed by atoms with Crippen LogP contribution in [0.4, 0.5) is 17.1 Å². The van der Waals surface area contributed by atoms with Crippen molar-refractivity contribution in [3.05, 3.63) is 137 Å². The molecule has 0 fully saturated rings. The van der Waals surface area contributed by atoms with Gasteiger partial charge in [-0.15, -0.1) is 0 Å². The van der Waals surface area contributed by atoms with Crippen molar-refractivity contribution < 1.29 is 0 Å². The van der Waals surface area contributed by atoms with Gasteiger partial charge in [0.25, 0.3) is 0 Å². The third-order valence-corrected chi connectivity index (χ3v) is 6.48. The minimum Gasteiger partial charge on any atom is -0.309 e. The van der Waals surface area contributed by atoms with Crippen molar-refractivity contribution in [2.24, 2.45) is 0 Å². The molecule has 0 saturated carbocycles. The first-order valence-corrected chi connectivity index (χ1v) is 11.9. The van der Waals surface area contributed by atoms with E-state index in [0.717, 1.165) is 27.1 Å². The van der Waals surface area contributed by atoms with Crippen LogP contribution in [0.3, 0.4) is 0 Å². The average molecular weight is 511 g/mol. The molecule has 0 spiro atoms. The van der Waals surface area contributed by atoms with Gasteiger partial charge in [0.2, 0.25) is 0 Å². The summed E-state index contributed by atoms with van der Waals surface area (Å²) < 4.78 is 0.935. The van der Waals surface area contributed by atoms with E-state index in [-0.39, 0.29) is 0 Å². The number of anilines is 3. The topological polar surface area (TPSA) is 3.24 Å². The fourth-order valence-corrected chi connectivity index (χ4v) is 4.89. The molecule has 0 aliphatic rings. The highest BCUT2D eigenvalue weighted by Gasteiger charge is 2.19. The fraction of sp³-hybridized carbons (Fsp3) is 0. The lowest BCUT2D eigenvalue weighted by Crippen LogP contribution is -2.11. The lowest BCUT2D eigenvalue weighted by atomic mass is 10.0. The van der Waals surface area contributed by atoms with Crippen molar-refractivity contribution in [1.82, 2.24) is 0 Å². The summed E-state index contributed by atoms with van der Waals surface area (Å²) in [7, 11) is 0. The van der Waals surface area contributed by atoms with E-state index in [1.54, 1.807) is 0 Å². The summed E-state index contributed by atoms with van der Waals surface area (Å²) in [6.45, 7) is 0. The molecule has 0 amide bonds. The third kappa shape index (κ3) is 4.59. The molecule has 0 heterocycles. The Balaban J connectivity index is 1.68. The van der Waals surface area contributed by atoms with Crippen LogP contribution in [-0.4, -0.2) is 0 Å². The van der Waals surface area contributed by atoms with Gasteiger partial charge in [0, 0.05) is 20.7 Å². The Hall–Kier alpha value is -3.33. The van der Waals surface area contributed by atoms with Gasteiger partial charge >= 0.3 is 0 Å². The summed E-state index contributed by atoms with van der Waals surface area (Å²) in [6, 6.07) is 44.0. The predicted octanol–water partition coefficient (Wildman–Crippen LogP) is 9.91. The highest BCUT2D eigenvalue weighted by molar-refractivity contribution is 9.10. The van der Waals surface area contributed by atoms with Gasteiger partial charge in [-0.1, -0.05) is 103 Å². The van der Waals surface area contributed by atoms with E-state index in [4.69, 9.17) is 11.6 Å². The number of hydrogen-bond acceptors (Lipinski definition) is 1. The minimum absolute atomic E-state index is 0.696. The first kappa shape index (κ1) is 21.5. The third-order valence-electron chi connectivity index (χ3n) is 5.61. The Morgan fingerprint density at radius 2 is 1.09 bits per heavy atom. The molecule has 1 nitrogen and oxygen atoms in total. The van der Waals surface area contributed by atoms with E-state index in [1.165, 1.54) is 16.7 Å². The van der Waals surface area contributed by atoms with Gasteiger partial charge in [-0.3, -0.25) is 0 Å². The number of rotatable bonds is 5. The van der Waals surface area contributed by atoms with Crippen LogP contribution in [-0.2, 0) is 0 Å². The summed E-state index contributed by atoms with van der Waals surface area (Å²) >= 11 is 10.0. The molecule has 5 aromatic rings. The maximum absolute atomic E-state index is 6.28. The summed E-state index contributed by atoms with van der Waals surface area (Å²) in [4.78, 5) is 2.28. The summed E-state index contributed by atoms with van der Waals surface area (Å²) in [6.07, 6.45) is 0. The smallest absolute Gasteiger partial charge is 0.0605 e. The standard InChI is InChI=1S/C30H21BrClN/c31-28-21-25(32)17-20-30(28)33(26-18-15-23(16-19-26)22-9-3-1-4-10-22)29-14-8-7-13-27(29)24-11-5-2-6-12-24/h1-21H. The molecular formula is C30H21BrClN. The monoisotopic (exact) mass is 509 g/mol. The number of nitrogens with zero attached hydrogens (tertiary/aromatic N) is 1. The van der Waals surface area contributed by atoms with Gasteiger partial charge in [0.05, 0.1) is 11.4 Å². The largest absolute Gasteiger partial charge is 0.309 e. The summed E-state index contributed by atoms with van der Waals surface area (Å²) in [5.74, 6) is 0. The lowest BCUT2D eigenvalue weighted by Gasteiger charge is -2.29. The van der Waals surface area contributed by atoms with E-state index in [0.29, 0.717) is 5.02 Å². The fourth-order valence-electron chi connectivity index (χ4n) is 4.03. The van der Waals surface area contributed by atoms with Gasteiger partial charge in [-0.05, 0) is 69.0 Å². The summed E-state index contributed by atoms with van der Waals surface area (Å²) in [5.41, 5.74) is 7.91.